The van der Waals surface area contributed by atoms with Gasteiger partial charge in [0.05, 0.1) is 5.69 Å². The lowest BCUT2D eigenvalue weighted by molar-refractivity contribution is 0.102. The summed E-state index contributed by atoms with van der Waals surface area (Å²) in [5.41, 5.74) is 8.03. The van der Waals surface area contributed by atoms with Crippen LogP contribution < -0.4 is 11.1 Å². The Morgan fingerprint density at radius 2 is 1.79 bits per heavy atom. The van der Waals surface area contributed by atoms with Gasteiger partial charge in [0, 0.05) is 10.0 Å². The largest absolute Gasteiger partial charge is 0.330 e. The third-order valence-corrected chi connectivity index (χ3v) is 3.46. The van der Waals surface area contributed by atoms with Gasteiger partial charge in [-0.1, -0.05) is 24.3 Å². The van der Waals surface area contributed by atoms with Gasteiger partial charge in [-0.05, 0) is 58.7 Å². The van der Waals surface area contributed by atoms with Crippen LogP contribution in [0.15, 0.2) is 53.0 Å². The number of carbonyl (C=O) groups is 1. The van der Waals surface area contributed by atoms with Gasteiger partial charge in [-0.2, -0.15) is 0 Å². The van der Waals surface area contributed by atoms with E-state index in [1.807, 2.05) is 48.5 Å². The number of carbonyl (C=O) groups excluding carboxylic acids is 1. The number of hydrogen-bond donors (Lipinski definition) is 2. The molecule has 2 aromatic rings. The summed E-state index contributed by atoms with van der Waals surface area (Å²) in [5, 5.41) is 2.87. The Kier molecular flexibility index (Phi) is 4.71. The molecule has 19 heavy (non-hydrogen) atoms. The molecule has 98 valence electrons. The number of halogens is 1. The molecule has 0 saturated heterocycles. The van der Waals surface area contributed by atoms with Crippen molar-refractivity contribution in [1.82, 2.24) is 0 Å². The van der Waals surface area contributed by atoms with Crippen molar-refractivity contribution in [1.29, 1.82) is 0 Å². The minimum atomic E-state index is -0.119. The van der Waals surface area contributed by atoms with E-state index in [1.165, 1.54) is 0 Å². The van der Waals surface area contributed by atoms with Crippen molar-refractivity contribution in [3.63, 3.8) is 0 Å². The van der Waals surface area contributed by atoms with Crippen molar-refractivity contribution in [2.45, 2.75) is 6.42 Å². The van der Waals surface area contributed by atoms with E-state index in [0.29, 0.717) is 12.1 Å². The molecule has 0 heterocycles. The highest BCUT2D eigenvalue weighted by molar-refractivity contribution is 9.10. The first-order chi connectivity index (χ1) is 9.20. The fraction of sp³-hybridized carbons (Fsp3) is 0.133. The van der Waals surface area contributed by atoms with Crippen LogP contribution in [0.25, 0.3) is 0 Å². The van der Waals surface area contributed by atoms with Gasteiger partial charge < -0.3 is 11.1 Å². The number of para-hydroxylation sites is 1. The Hall–Kier alpha value is -1.65. The summed E-state index contributed by atoms with van der Waals surface area (Å²) in [7, 11) is 0. The summed E-state index contributed by atoms with van der Waals surface area (Å²) < 4.78 is 0.864. The summed E-state index contributed by atoms with van der Waals surface area (Å²) in [4.78, 5) is 12.1. The van der Waals surface area contributed by atoms with Gasteiger partial charge in [0.25, 0.3) is 5.91 Å². The molecule has 0 atom stereocenters. The first-order valence-corrected chi connectivity index (χ1v) is 6.85. The summed E-state index contributed by atoms with van der Waals surface area (Å²) >= 11 is 3.40. The zero-order chi connectivity index (χ0) is 13.7. The predicted molar refractivity (Wildman–Crippen MR) is 81.3 cm³/mol. The average molecular weight is 319 g/mol. The van der Waals surface area contributed by atoms with Crippen LogP contribution in [0.3, 0.4) is 0 Å². The van der Waals surface area contributed by atoms with E-state index in [9.17, 15) is 4.79 Å². The highest BCUT2D eigenvalue weighted by atomic mass is 79.9. The van der Waals surface area contributed by atoms with Crippen molar-refractivity contribution in [2.24, 2.45) is 5.73 Å². The number of nitrogens with two attached hydrogens (primary N) is 1. The minimum absolute atomic E-state index is 0.119. The Labute approximate surface area is 121 Å². The maximum atomic E-state index is 12.1. The van der Waals surface area contributed by atoms with Crippen LogP contribution in [-0.4, -0.2) is 12.5 Å². The fourth-order valence-electron chi connectivity index (χ4n) is 1.75. The molecular weight excluding hydrogens is 304 g/mol. The molecule has 0 aliphatic rings. The molecular formula is C15H15BrN2O. The second-order valence-corrected chi connectivity index (χ2v) is 5.02. The fourth-order valence-corrected chi connectivity index (χ4v) is 2.13. The summed E-state index contributed by atoms with van der Waals surface area (Å²) in [6.45, 7) is 0.614. The zero-order valence-electron chi connectivity index (χ0n) is 10.4. The maximum Gasteiger partial charge on any atom is 0.255 e. The van der Waals surface area contributed by atoms with Crippen molar-refractivity contribution in [2.75, 3.05) is 11.9 Å². The normalized spacial score (nSPS) is 10.2. The number of hydrogen-bond acceptors (Lipinski definition) is 2. The topological polar surface area (TPSA) is 55.1 Å². The Bertz CT molecular complexity index is 567. The molecule has 3 nitrogen and oxygen atoms in total. The van der Waals surface area contributed by atoms with Crippen molar-refractivity contribution < 1.29 is 4.79 Å². The lowest BCUT2D eigenvalue weighted by atomic mass is 10.1. The first-order valence-electron chi connectivity index (χ1n) is 6.05. The van der Waals surface area contributed by atoms with Crippen molar-refractivity contribution >= 4 is 27.5 Å². The van der Waals surface area contributed by atoms with Crippen LogP contribution in [-0.2, 0) is 6.42 Å². The van der Waals surface area contributed by atoms with E-state index in [1.54, 1.807) is 0 Å². The average Bonchev–Trinajstić information content (AvgIpc) is 2.42. The second kappa shape index (κ2) is 6.50. The Morgan fingerprint density at radius 3 is 2.42 bits per heavy atom. The number of rotatable bonds is 4. The molecule has 0 radical (unpaired) electrons. The van der Waals surface area contributed by atoms with E-state index in [0.717, 1.165) is 22.1 Å². The second-order valence-electron chi connectivity index (χ2n) is 4.17. The monoisotopic (exact) mass is 318 g/mol. The molecule has 0 saturated carbocycles. The van der Waals surface area contributed by atoms with Crippen LogP contribution in [0.2, 0.25) is 0 Å². The molecule has 4 heteroatoms. The maximum absolute atomic E-state index is 12.1. The van der Waals surface area contributed by atoms with E-state index in [2.05, 4.69) is 21.2 Å². The van der Waals surface area contributed by atoms with Crippen LogP contribution >= 0.6 is 15.9 Å². The SMILES string of the molecule is NCCc1ccc(C(=O)Nc2ccccc2Br)cc1. The molecule has 2 aromatic carbocycles. The van der Waals surface area contributed by atoms with Crippen LogP contribution in [0, 0.1) is 0 Å². The predicted octanol–water partition coefficient (Wildman–Crippen LogP) is 3.20. The van der Waals surface area contributed by atoms with Crippen LogP contribution in [0.1, 0.15) is 15.9 Å². The molecule has 0 spiro atoms. The van der Waals surface area contributed by atoms with Gasteiger partial charge in [-0.15, -0.1) is 0 Å². The minimum Gasteiger partial charge on any atom is -0.330 e. The third-order valence-electron chi connectivity index (χ3n) is 2.77. The number of benzene rings is 2. The Morgan fingerprint density at radius 1 is 1.11 bits per heavy atom. The third kappa shape index (κ3) is 3.66. The number of nitrogens with one attached hydrogen (secondary N) is 1. The standard InChI is InChI=1S/C15H15BrN2O/c16-13-3-1-2-4-14(13)18-15(19)12-7-5-11(6-8-12)9-10-17/h1-8H,9-10,17H2,(H,18,19). The van der Waals surface area contributed by atoms with Gasteiger partial charge in [0.15, 0.2) is 0 Å². The lowest BCUT2D eigenvalue weighted by Crippen LogP contribution is -2.12. The van der Waals surface area contributed by atoms with E-state index in [-0.39, 0.29) is 5.91 Å². The van der Waals surface area contributed by atoms with Crippen molar-refractivity contribution in [3.8, 4) is 0 Å². The smallest absolute Gasteiger partial charge is 0.255 e. The van der Waals surface area contributed by atoms with Crippen LogP contribution in [0.5, 0.6) is 0 Å². The van der Waals surface area contributed by atoms with E-state index in [4.69, 9.17) is 5.73 Å². The van der Waals surface area contributed by atoms with Gasteiger partial charge in [-0.3, -0.25) is 4.79 Å². The Balaban J connectivity index is 2.10. The first kappa shape index (κ1) is 13.8. The molecule has 0 aromatic heterocycles. The molecule has 0 aliphatic heterocycles. The quantitative estimate of drug-likeness (QED) is 0.909. The van der Waals surface area contributed by atoms with Gasteiger partial charge in [0.1, 0.15) is 0 Å². The molecule has 1 amide bonds. The molecule has 0 unspecified atom stereocenters. The summed E-state index contributed by atoms with van der Waals surface area (Å²) in [5.74, 6) is -0.119. The number of amides is 1. The summed E-state index contributed by atoms with van der Waals surface area (Å²) in [6.07, 6.45) is 0.826. The highest BCUT2D eigenvalue weighted by Gasteiger charge is 2.07. The van der Waals surface area contributed by atoms with Gasteiger partial charge in [-0.25, -0.2) is 0 Å². The van der Waals surface area contributed by atoms with E-state index < -0.39 is 0 Å². The number of anilines is 1. The molecule has 0 fully saturated rings. The van der Waals surface area contributed by atoms with Crippen molar-refractivity contribution in [3.05, 3.63) is 64.1 Å². The molecule has 2 rings (SSSR count). The zero-order valence-corrected chi connectivity index (χ0v) is 12.0. The molecule has 0 bridgehead atoms. The lowest BCUT2D eigenvalue weighted by Gasteiger charge is -2.07. The molecule has 0 aliphatic carbocycles. The van der Waals surface area contributed by atoms with Gasteiger partial charge >= 0.3 is 0 Å². The highest BCUT2D eigenvalue weighted by Crippen LogP contribution is 2.21. The summed E-state index contributed by atoms with van der Waals surface area (Å²) in [6, 6.07) is 15.0. The molecule has 3 N–H and O–H groups in total. The van der Waals surface area contributed by atoms with E-state index >= 15 is 0 Å². The van der Waals surface area contributed by atoms with Gasteiger partial charge in [0.2, 0.25) is 0 Å². The van der Waals surface area contributed by atoms with Crippen LogP contribution in [0.4, 0.5) is 5.69 Å².